The van der Waals surface area contributed by atoms with Crippen molar-refractivity contribution < 1.29 is 19.2 Å². The molecule has 148 valence electrons. The highest BCUT2D eigenvalue weighted by Crippen LogP contribution is 2.27. The molecule has 3 aromatic rings. The first-order valence-corrected chi connectivity index (χ1v) is 9.43. The summed E-state index contributed by atoms with van der Waals surface area (Å²) in [5.41, 5.74) is 1.01. The van der Waals surface area contributed by atoms with E-state index in [1.807, 2.05) is 0 Å². The third-order valence-electron chi connectivity index (χ3n) is 3.72. The van der Waals surface area contributed by atoms with Gasteiger partial charge in [-0.05, 0) is 19.1 Å². The minimum atomic E-state index is -1.11. The van der Waals surface area contributed by atoms with E-state index in [4.69, 9.17) is 16.3 Å². The van der Waals surface area contributed by atoms with Crippen LogP contribution in [0.2, 0.25) is 5.15 Å². The van der Waals surface area contributed by atoms with Gasteiger partial charge in [0.25, 0.3) is 11.6 Å². The Morgan fingerprint density at radius 2 is 2.10 bits per heavy atom. The first-order valence-electron chi connectivity index (χ1n) is 8.18. The van der Waals surface area contributed by atoms with E-state index in [-0.39, 0.29) is 21.5 Å². The van der Waals surface area contributed by atoms with E-state index in [2.05, 4.69) is 15.3 Å². The number of carbonyl (C=O) groups is 2. The molecule has 0 saturated heterocycles. The topological polar surface area (TPSA) is 124 Å². The maximum atomic E-state index is 12.3. The number of halogens is 1. The van der Waals surface area contributed by atoms with Crippen molar-refractivity contribution in [1.82, 2.24) is 9.97 Å². The van der Waals surface area contributed by atoms with Gasteiger partial charge in [0.15, 0.2) is 11.2 Å². The number of aromatic nitrogens is 2. The third-order valence-corrected chi connectivity index (χ3v) is 4.78. The molecule has 1 aromatic carbocycles. The van der Waals surface area contributed by atoms with E-state index >= 15 is 0 Å². The number of anilines is 1. The summed E-state index contributed by atoms with van der Waals surface area (Å²) in [5.74, 6) is -1.36. The van der Waals surface area contributed by atoms with Crippen LogP contribution in [-0.2, 0) is 9.53 Å². The zero-order chi connectivity index (χ0) is 21.0. The van der Waals surface area contributed by atoms with Crippen molar-refractivity contribution in [3.05, 3.63) is 68.8 Å². The van der Waals surface area contributed by atoms with Crippen molar-refractivity contribution in [2.45, 2.75) is 13.0 Å². The second-order valence-electron chi connectivity index (χ2n) is 5.72. The molecule has 0 saturated carbocycles. The van der Waals surface area contributed by atoms with Gasteiger partial charge in [-0.2, -0.15) is 0 Å². The van der Waals surface area contributed by atoms with Crippen LogP contribution >= 0.6 is 22.9 Å². The number of nitro groups is 1. The smallest absolute Gasteiger partial charge is 0.342 e. The number of benzene rings is 1. The van der Waals surface area contributed by atoms with Crippen LogP contribution in [0, 0.1) is 10.1 Å². The zero-order valence-electron chi connectivity index (χ0n) is 14.9. The molecule has 0 fully saturated rings. The maximum absolute atomic E-state index is 12.3. The van der Waals surface area contributed by atoms with Gasteiger partial charge in [-0.15, -0.1) is 11.3 Å². The molecule has 1 amide bonds. The van der Waals surface area contributed by atoms with Gasteiger partial charge >= 0.3 is 5.97 Å². The van der Waals surface area contributed by atoms with E-state index in [0.717, 1.165) is 11.3 Å². The fourth-order valence-electron chi connectivity index (χ4n) is 2.27. The quantitative estimate of drug-likeness (QED) is 0.270. The lowest BCUT2D eigenvalue weighted by Crippen LogP contribution is -2.30. The Morgan fingerprint density at radius 3 is 2.83 bits per heavy atom. The van der Waals surface area contributed by atoms with E-state index < -0.39 is 22.9 Å². The molecule has 11 heteroatoms. The molecule has 29 heavy (non-hydrogen) atoms. The standard InChI is InChI=1S/C18H13ClN4O5S/c1-10(28-17(25)13-6-3-7-20-15(13)19)16(24)22-18-21-14(9-29-18)11-4-2-5-12(8-11)23(26)27/h2-10H,1H3,(H,21,22,24)/t10-/m0/s1. The first kappa shape index (κ1) is 20.4. The van der Waals surface area contributed by atoms with Crippen LogP contribution in [0.1, 0.15) is 17.3 Å². The number of rotatable bonds is 6. The number of nitrogens with zero attached hydrogens (tertiary/aromatic N) is 3. The summed E-state index contributed by atoms with van der Waals surface area (Å²) in [4.78, 5) is 42.8. The van der Waals surface area contributed by atoms with E-state index in [9.17, 15) is 19.7 Å². The number of pyridine rings is 1. The lowest BCUT2D eigenvalue weighted by molar-refractivity contribution is -0.384. The van der Waals surface area contributed by atoms with Gasteiger partial charge in [-0.3, -0.25) is 20.2 Å². The molecule has 9 nitrogen and oxygen atoms in total. The van der Waals surface area contributed by atoms with E-state index in [1.54, 1.807) is 17.5 Å². The number of ether oxygens (including phenoxy) is 1. The molecule has 0 aliphatic rings. The number of hydrogen-bond acceptors (Lipinski definition) is 8. The Kier molecular flexibility index (Phi) is 6.15. The van der Waals surface area contributed by atoms with Crippen molar-refractivity contribution in [3.8, 4) is 11.3 Å². The fourth-order valence-corrected chi connectivity index (χ4v) is 3.18. The van der Waals surface area contributed by atoms with Crippen molar-refractivity contribution >= 4 is 45.6 Å². The number of carbonyl (C=O) groups excluding carboxylic acids is 2. The summed E-state index contributed by atoms with van der Waals surface area (Å²) < 4.78 is 5.11. The monoisotopic (exact) mass is 432 g/mol. The van der Waals surface area contributed by atoms with Crippen LogP contribution in [0.15, 0.2) is 48.0 Å². The molecular formula is C18H13ClN4O5S. The summed E-state index contributed by atoms with van der Waals surface area (Å²) in [6.07, 6.45) is 0.320. The van der Waals surface area contributed by atoms with Gasteiger partial charge in [0, 0.05) is 29.3 Å². The minimum Gasteiger partial charge on any atom is -0.449 e. The zero-order valence-corrected chi connectivity index (χ0v) is 16.4. The number of thiazole rings is 1. The summed E-state index contributed by atoms with van der Waals surface area (Å²) in [7, 11) is 0. The van der Waals surface area contributed by atoms with E-state index in [0.29, 0.717) is 11.3 Å². The summed E-state index contributed by atoms with van der Waals surface area (Å²) >= 11 is 6.98. The van der Waals surface area contributed by atoms with Crippen LogP contribution in [0.4, 0.5) is 10.8 Å². The average molecular weight is 433 g/mol. The molecule has 0 radical (unpaired) electrons. The molecule has 1 atom stereocenters. The molecule has 2 heterocycles. The van der Waals surface area contributed by atoms with Gasteiger partial charge in [-0.1, -0.05) is 23.7 Å². The molecule has 0 spiro atoms. The van der Waals surface area contributed by atoms with Crippen LogP contribution < -0.4 is 5.32 Å². The van der Waals surface area contributed by atoms with Crippen molar-refractivity contribution in [2.24, 2.45) is 0 Å². The van der Waals surface area contributed by atoms with Crippen LogP contribution in [-0.4, -0.2) is 32.9 Å². The predicted octanol–water partition coefficient (Wildman–Crippen LogP) is 3.95. The number of nitrogens with one attached hydrogen (secondary N) is 1. The van der Waals surface area contributed by atoms with Crippen molar-refractivity contribution in [3.63, 3.8) is 0 Å². The SMILES string of the molecule is C[C@H](OC(=O)c1cccnc1Cl)C(=O)Nc1nc(-c2cccc([N+](=O)[O-])c2)cs1. The Balaban J connectivity index is 1.65. The van der Waals surface area contributed by atoms with Gasteiger partial charge in [-0.25, -0.2) is 14.8 Å². The third kappa shape index (κ3) is 4.92. The Hall–Kier alpha value is -3.37. The number of amides is 1. The number of non-ortho nitro benzene ring substituents is 1. The minimum absolute atomic E-state index is 0.0216. The Labute approximate surface area is 173 Å². The molecule has 0 aliphatic heterocycles. The van der Waals surface area contributed by atoms with Crippen LogP contribution in [0.25, 0.3) is 11.3 Å². The lowest BCUT2D eigenvalue weighted by Gasteiger charge is -2.12. The average Bonchev–Trinajstić information content (AvgIpc) is 3.16. The molecular weight excluding hydrogens is 420 g/mol. The van der Waals surface area contributed by atoms with Crippen LogP contribution in [0.5, 0.6) is 0 Å². The first-order chi connectivity index (χ1) is 13.8. The molecule has 0 aliphatic carbocycles. The second-order valence-corrected chi connectivity index (χ2v) is 6.94. The highest BCUT2D eigenvalue weighted by atomic mass is 35.5. The van der Waals surface area contributed by atoms with Crippen LogP contribution in [0.3, 0.4) is 0 Å². The van der Waals surface area contributed by atoms with Gasteiger partial charge in [0.2, 0.25) is 0 Å². The molecule has 0 unspecified atom stereocenters. The highest BCUT2D eigenvalue weighted by molar-refractivity contribution is 7.14. The predicted molar refractivity (Wildman–Crippen MR) is 107 cm³/mol. The number of nitro benzene ring substituents is 1. The second kappa shape index (κ2) is 8.76. The highest BCUT2D eigenvalue weighted by Gasteiger charge is 2.22. The molecule has 2 aromatic heterocycles. The Bertz CT molecular complexity index is 1090. The van der Waals surface area contributed by atoms with Crippen molar-refractivity contribution in [2.75, 3.05) is 5.32 Å². The molecule has 1 N–H and O–H groups in total. The maximum Gasteiger partial charge on any atom is 0.342 e. The Morgan fingerprint density at radius 1 is 1.31 bits per heavy atom. The lowest BCUT2D eigenvalue weighted by atomic mass is 10.1. The largest absolute Gasteiger partial charge is 0.449 e. The van der Waals surface area contributed by atoms with Gasteiger partial charge in [0.1, 0.15) is 5.15 Å². The number of hydrogen-bond donors (Lipinski definition) is 1. The summed E-state index contributed by atoms with van der Waals surface area (Å²) in [5, 5.41) is 15.3. The van der Waals surface area contributed by atoms with Gasteiger partial charge in [0.05, 0.1) is 16.2 Å². The normalized spacial score (nSPS) is 11.5. The fraction of sp³-hybridized carbons (Fsp3) is 0.111. The van der Waals surface area contributed by atoms with Gasteiger partial charge < -0.3 is 4.74 Å². The summed E-state index contributed by atoms with van der Waals surface area (Å²) in [6.45, 7) is 1.41. The molecule has 0 bridgehead atoms. The molecule has 3 rings (SSSR count). The number of esters is 1. The van der Waals surface area contributed by atoms with E-state index in [1.165, 1.54) is 37.4 Å². The summed E-state index contributed by atoms with van der Waals surface area (Å²) in [6, 6.07) is 8.96. The van der Waals surface area contributed by atoms with Crippen molar-refractivity contribution in [1.29, 1.82) is 0 Å².